The Morgan fingerprint density at radius 1 is 1.28 bits per heavy atom. The minimum Gasteiger partial charge on any atom is -0.493 e. The summed E-state index contributed by atoms with van der Waals surface area (Å²) in [5.74, 6) is -0.187. The molecule has 0 radical (unpaired) electrons. The minimum absolute atomic E-state index is 0.228. The molecule has 1 atom stereocenters. The maximum atomic E-state index is 12.3. The Morgan fingerprint density at radius 3 is 2.44 bits per heavy atom. The summed E-state index contributed by atoms with van der Waals surface area (Å²) in [4.78, 5) is 25.8. The molecule has 0 saturated carbocycles. The minimum atomic E-state index is -1.07. The third-order valence-electron chi connectivity index (χ3n) is 3.69. The third kappa shape index (κ3) is 3.96. The topological polar surface area (TPSA) is 76.1 Å². The Kier molecular flexibility index (Phi) is 6.07. The van der Waals surface area contributed by atoms with Gasteiger partial charge in [-0.1, -0.05) is 32.1 Å². The zero-order valence-electron chi connectivity index (χ0n) is 14.3. The fourth-order valence-electron chi connectivity index (χ4n) is 2.51. The first-order valence-corrected chi connectivity index (χ1v) is 8.74. The highest BCUT2D eigenvalue weighted by atomic mass is 32.2. The molecule has 1 unspecified atom stereocenters. The number of aliphatic carboxylic acids is 1. The molecular weight excluding hydrogens is 362 g/mol. The summed E-state index contributed by atoms with van der Waals surface area (Å²) >= 11 is 6.29. The molecule has 0 aliphatic carbocycles. The van der Waals surface area contributed by atoms with E-state index in [0.717, 1.165) is 17.3 Å². The number of rotatable bonds is 6. The van der Waals surface area contributed by atoms with Crippen molar-refractivity contribution in [2.24, 2.45) is 5.92 Å². The summed E-state index contributed by atoms with van der Waals surface area (Å²) < 4.78 is 10.5. The van der Waals surface area contributed by atoms with Gasteiger partial charge in [0.05, 0.1) is 19.1 Å². The van der Waals surface area contributed by atoms with Gasteiger partial charge >= 0.3 is 5.97 Å². The van der Waals surface area contributed by atoms with Crippen molar-refractivity contribution in [2.75, 3.05) is 14.2 Å². The average Bonchev–Trinajstić information content (AvgIpc) is 2.82. The van der Waals surface area contributed by atoms with Crippen molar-refractivity contribution in [3.05, 3.63) is 28.7 Å². The van der Waals surface area contributed by atoms with E-state index in [1.165, 1.54) is 12.0 Å². The van der Waals surface area contributed by atoms with E-state index >= 15 is 0 Å². The number of benzene rings is 1. The lowest BCUT2D eigenvalue weighted by Gasteiger charge is -2.26. The number of ether oxygens (including phenoxy) is 2. The molecule has 134 valence electrons. The number of nitrogens with zero attached hydrogens (tertiary/aromatic N) is 1. The van der Waals surface area contributed by atoms with E-state index in [1.54, 1.807) is 39.2 Å². The summed E-state index contributed by atoms with van der Waals surface area (Å²) in [7, 11) is 3.08. The fourth-order valence-corrected chi connectivity index (χ4v) is 3.82. The van der Waals surface area contributed by atoms with Crippen LogP contribution in [-0.4, -0.2) is 46.5 Å². The van der Waals surface area contributed by atoms with Crippen molar-refractivity contribution in [1.29, 1.82) is 0 Å². The summed E-state index contributed by atoms with van der Waals surface area (Å²) in [6.07, 6.45) is 1.74. The van der Waals surface area contributed by atoms with E-state index < -0.39 is 12.0 Å². The van der Waals surface area contributed by atoms with Crippen molar-refractivity contribution < 1.29 is 24.2 Å². The highest BCUT2D eigenvalue weighted by Crippen LogP contribution is 2.37. The van der Waals surface area contributed by atoms with Gasteiger partial charge in [-0.3, -0.25) is 9.69 Å². The van der Waals surface area contributed by atoms with Gasteiger partial charge < -0.3 is 14.6 Å². The van der Waals surface area contributed by atoms with Gasteiger partial charge in [-0.2, -0.15) is 0 Å². The van der Waals surface area contributed by atoms with Gasteiger partial charge in [0.1, 0.15) is 11.0 Å². The predicted octanol–water partition coefficient (Wildman–Crippen LogP) is 3.65. The van der Waals surface area contributed by atoms with Gasteiger partial charge in [-0.15, -0.1) is 0 Å². The van der Waals surface area contributed by atoms with Crippen LogP contribution in [-0.2, 0) is 4.79 Å². The van der Waals surface area contributed by atoms with E-state index in [0.29, 0.717) is 16.4 Å². The standard InChI is InChI=1S/C17H19NO5S2/c1-9(2)14(16(19)20)18-15(24)13(25-17(18)21)8-10-5-6-11(22-3)12(7-10)23-4/h5-9,14H,1-4H3,(H,19,20)/b13-8-. The maximum absolute atomic E-state index is 12.3. The molecule has 6 nitrogen and oxygen atoms in total. The number of thioether (sulfide) groups is 1. The van der Waals surface area contributed by atoms with Crippen LogP contribution < -0.4 is 9.47 Å². The van der Waals surface area contributed by atoms with Crippen LogP contribution in [0.5, 0.6) is 11.5 Å². The van der Waals surface area contributed by atoms with Crippen LogP contribution in [0.1, 0.15) is 19.4 Å². The highest BCUT2D eigenvalue weighted by Gasteiger charge is 2.41. The molecule has 0 spiro atoms. The van der Waals surface area contributed by atoms with Gasteiger partial charge in [0.15, 0.2) is 11.5 Å². The van der Waals surface area contributed by atoms with Crippen molar-refractivity contribution in [3.63, 3.8) is 0 Å². The van der Waals surface area contributed by atoms with Crippen LogP contribution in [0.15, 0.2) is 23.1 Å². The van der Waals surface area contributed by atoms with Crippen molar-refractivity contribution in [1.82, 2.24) is 4.90 Å². The number of carboxylic acid groups (broad SMARTS) is 1. The van der Waals surface area contributed by atoms with Crippen molar-refractivity contribution in [3.8, 4) is 11.5 Å². The molecule has 8 heteroatoms. The maximum Gasteiger partial charge on any atom is 0.327 e. The molecule has 1 aromatic rings. The SMILES string of the molecule is COc1ccc(/C=C2\SC(=O)N(C(C(=O)O)C(C)C)C2=S)cc1OC. The number of methoxy groups -OCH3 is 2. The van der Waals surface area contributed by atoms with E-state index in [-0.39, 0.29) is 16.1 Å². The van der Waals surface area contributed by atoms with Gasteiger partial charge in [-0.25, -0.2) is 4.79 Å². The van der Waals surface area contributed by atoms with Crippen molar-refractivity contribution >= 4 is 46.3 Å². The predicted molar refractivity (Wildman–Crippen MR) is 101 cm³/mol. The number of hydrogen-bond donors (Lipinski definition) is 1. The number of carboxylic acids is 1. The highest BCUT2D eigenvalue weighted by molar-refractivity contribution is 8.19. The normalized spacial score (nSPS) is 17.3. The molecule has 25 heavy (non-hydrogen) atoms. The monoisotopic (exact) mass is 381 g/mol. The summed E-state index contributed by atoms with van der Waals surface area (Å²) in [6.45, 7) is 3.49. The Morgan fingerprint density at radius 2 is 1.92 bits per heavy atom. The molecule has 1 N–H and O–H groups in total. The van der Waals surface area contributed by atoms with Crippen LogP contribution in [0.3, 0.4) is 0 Å². The summed E-state index contributed by atoms with van der Waals surface area (Å²) in [5.41, 5.74) is 0.772. The number of carbonyl (C=O) groups excluding carboxylic acids is 1. The van der Waals surface area contributed by atoms with Gasteiger partial charge in [0.2, 0.25) is 0 Å². The lowest BCUT2D eigenvalue weighted by molar-refractivity contribution is -0.142. The Bertz CT molecular complexity index is 745. The molecule has 1 saturated heterocycles. The van der Waals surface area contributed by atoms with Crippen LogP contribution in [0, 0.1) is 5.92 Å². The van der Waals surface area contributed by atoms with Crippen LogP contribution >= 0.6 is 24.0 Å². The van der Waals surface area contributed by atoms with E-state index in [1.807, 2.05) is 6.07 Å². The Labute approximate surface area is 155 Å². The molecule has 2 rings (SSSR count). The molecule has 1 aliphatic heterocycles. The molecular formula is C17H19NO5S2. The second kappa shape index (κ2) is 7.88. The van der Waals surface area contributed by atoms with Gasteiger partial charge in [0.25, 0.3) is 5.24 Å². The number of hydrogen-bond acceptors (Lipinski definition) is 6. The second-order valence-corrected chi connectivity index (χ2v) is 7.07. The summed E-state index contributed by atoms with van der Waals surface area (Å²) in [6, 6.07) is 4.34. The Hall–Kier alpha value is -2.06. The molecule has 1 heterocycles. The fraction of sp³-hybridized carbons (Fsp3) is 0.353. The van der Waals surface area contributed by atoms with E-state index in [4.69, 9.17) is 21.7 Å². The van der Waals surface area contributed by atoms with Crippen LogP contribution in [0.2, 0.25) is 0 Å². The second-order valence-electron chi connectivity index (χ2n) is 5.69. The smallest absolute Gasteiger partial charge is 0.327 e. The molecule has 1 aromatic carbocycles. The van der Waals surface area contributed by atoms with Gasteiger partial charge in [0, 0.05) is 0 Å². The summed E-state index contributed by atoms with van der Waals surface area (Å²) in [5, 5.41) is 9.05. The average molecular weight is 381 g/mol. The van der Waals surface area contributed by atoms with E-state index in [9.17, 15) is 14.7 Å². The molecule has 0 bridgehead atoms. The van der Waals surface area contributed by atoms with E-state index in [2.05, 4.69) is 0 Å². The first-order chi connectivity index (χ1) is 11.8. The first kappa shape index (κ1) is 19.3. The first-order valence-electron chi connectivity index (χ1n) is 7.52. The molecule has 1 aliphatic rings. The zero-order valence-corrected chi connectivity index (χ0v) is 15.9. The molecule has 1 amide bonds. The van der Waals surface area contributed by atoms with Crippen LogP contribution in [0.4, 0.5) is 4.79 Å². The number of amides is 1. The Balaban J connectivity index is 2.36. The van der Waals surface area contributed by atoms with Crippen LogP contribution in [0.25, 0.3) is 6.08 Å². The molecule has 1 fully saturated rings. The number of thiocarbonyl (C=S) groups is 1. The van der Waals surface area contributed by atoms with Crippen molar-refractivity contribution in [2.45, 2.75) is 19.9 Å². The number of carbonyl (C=O) groups is 2. The lowest BCUT2D eigenvalue weighted by Crippen LogP contribution is -2.46. The quantitative estimate of drug-likeness (QED) is 0.595. The lowest BCUT2D eigenvalue weighted by atomic mass is 10.0. The van der Waals surface area contributed by atoms with Gasteiger partial charge in [-0.05, 0) is 41.5 Å². The zero-order chi connectivity index (χ0) is 18.7. The largest absolute Gasteiger partial charge is 0.493 e. The third-order valence-corrected chi connectivity index (χ3v) is 5.14. The molecule has 0 aromatic heterocycles.